The molecule has 1 N–H and O–H groups in total. The zero-order valence-electron chi connectivity index (χ0n) is 18.9. The van der Waals surface area contributed by atoms with Crippen LogP contribution < -0.4 is 10.1 Å². The van der Waals surface area contributed by atoms with Gasteiger partial charge in [-0.1, -0.05) is 53.3 Å². The fourth-order valence-corrected chi connectivity index (χ4v) is 4.50. The number of carbonyl (C=O) groups excluding carboxylic acids is 1. The average Bonchev–Trinajstić information content (AvgIpc) is 3.29. The number of benzene rings is 2. The van der Waals surface area contributed by atoms with E-state index in [1.165, 1.54) is 13.3 Å². The minimum absolute atomic E-state index is 0.129. The van der Waals surface area contributed by atoms with Crippen LogP contribution in [0.5, 0.6) is 5.75 Å². The summed E-state index contributed by atoms with van der Waals surface area (Å²) in [5.74, 6) is -0.424. The number of thiazole rings is 1. The van der Waals surface area contributed by atoms with Crippen LogP contribution in [-0.4, -0.2) is 33.0 Å². The lowest BCUT2D eigenvalue weighted by Crippen LogP contribution is -2.16. The first-order chi connectivity index (χ1) is 17.7. The van der Waals surface area contributed by atoms with E-state index in [4.69, 9.17) is 16.3 Å². The minimum atomic E-state index is -4.74. The van der Waals surface area contributed by atoms with Gasteiger partial charge in [-0.05, 0) is 24.3 Å². The summed E-state index contributed by atoms with van der Waals surface area (Å²) in [5.41, 5.74) is 0.796. The summed E-state index contributed by atoms with van der Waals surface area (Å²) in [6.45, 7) is 0. The highest BCUT2D eigenvalue weighted by Crippen LogP contribution is 2.36. The first kappa shape index (κ1) is 24.6. The van der Waals surface area contributed by atoms with E-state index in [-0.39, 0.29) is 21.9 Å². The Labute approximate surface area is 217 Å². The van der Waals surface area contributed by atoms with Crippen LogP contribution in [0.25, 0.3) is 32.9 Å². The lowest BCUT2D eigenvalue weighted by Gasteiger charge is -2.14. The topological polar surface area (TPSA) is 89.9 Å². The maximum Gasteiger partial charge on any atom is 0.433 e. The quantitative estimate of drug-likeness (QED) is 0.265. The molecule has 186 valence electrons. The van der Waals surface area contributed by atoms with Crippen LogP contribution in [0, 0.1) is 0 Å². The molecule has 0 unspecified atom stereocenters. The number of anilines is 1. The molecule has 5 rings (SSSR count). The standard InChI is InChI=1S/C25H15ClF3N5O2S/c1-36-19-5-3-2-4-15(19)17-11-30-20(25(27,28)29)10-16(17)22(35)34-24-33-21-23(37-24)32-18(12-31-21)13-6-8-14(26)9-7-13/h2-12H,1H3,(H,31,33,34,35). The minimum Gasteiger partial charge on any atom is -0.496 e. The van der Waals surface area contributed by atoms with Gasteiger partial charge in [0.2, 0.25) is 0 Å². The Morgan fingerprint density at radius 1 is 1.00 bits per heavy atom. The molecule has 0 fully saturated rings. The van der Waals surface area contributed by atoms with Crippen molar-refractivity contribution >= 4 is 44.5 Å². The van der Waals surface area contributed by atoms with Crippen molar-refractivity contribution < 1.29 is 22.7 Å². The smallest absolute Gasteiger partial charge is 0.433 e. The van der Waals surface area contributed by atoms with Crippen molar-refractivity contribution in [3.63, 3.8) is 0 Å². The molecule has 7 nitrogen and oxygen atoms in total. The first-order valence-corrected chi connectivity index (χ1v) is 11.8. The molecule has 0 aliphatic heterocycles. The van der Waals surface area contributed by atoms with Crippen molar-refractivity contribution in [3.8, 4) is 28.1 Å². The Balaban J connectivity index is 1.51. The lowest BCUT2D eigenvalue weighted by atomic mass is 9.99. The van der Waals surface area contributed by atoms with Gasteiger partial charge in [-0.2, -0.15) is 18.2 Å². The second-order valence-corrected chi connectivity index (χ2v) is 9.09. The summed E-state index contributed by atoms with van der Waals surface area (Å²) in [7, 11) is 1.43. The normalized spacial score (nSPS) is 11.5. The Hall–Kier alpha value is -4.09. The number of amides is 1. The molecule has 0 saturated heterocycles. The van der Waals surface area contributed by atoms with Gasteiger partial charge in [0.1, 0.15) is 11.4 Å². The summed E-state index contributed by atoms with van der Waals surface area (Å²) in [4.78, 5) is 30.3. The summed E-state index contributed by atoms with van der Waals surface area (Å²) >= 11 is 6.99. The third-order valence-corrected chi connectivity index (χ3v) is 6.43. The van der Waals surface area contributed by atoms with E-state index in [1.807, 2.05) is 0 Å². The number of hydrogen-bond acceptors (Lipinski definition) is 7. The lowest BCUT2D eigenvalue weighted by molar-refractivity contribution is -0.141. The molecule has 0 aliphatic rings. The number of aromatic nitrogens is 4. The number of nitrogens with one attached hydrogen (secondary N) is 1. The van der Waals surface area contributed by atoms with Crippen LogP contribution in [0.4, 0.5) is 18.3 Å². The van der Waals surface area contributed by atoms with Gasteiger partial charge in [-0.15, -0.1) is 0 Å². The van der Waals surface area contributed by atoms with Gasteiger partial charge < -0.3 is 4.74 Å². The molecule has 12 heteroatoms. The molecule has 0 aliphatic carbocycles. The van der Waals surface area contributed by atoms with Crippen molar-refractivity contribution in [2.45, 2.75) is 6.18 Å². The Bertz CT molecular complexity index is 1620. The second-order valence-electron chi connectivity index (χ2n) is 7.68. The van der Waals surface area contributed by atoms with Gasteiger partial charge in [-0.25, -0.2) is 9.97 Å². The van der Waals surface area contributed by atoms with E-state index in [0.717, 1.165) is 23.1 Å². The molecule has 0 radical (unpaired) electrons. The van der Waals surface area contributed by atoms with Crippen LogP contribution in [0.2, 0.25) is 5.02 Å². The second kappa shape index (κ2) is 9.75. The molecule has 37 heavy (non-hydrogen) atoms. The fourth-order valence-electron chi connectivity index (χ4n) is 3.58. The number of nitrogens with zero attached hydrogens (tertiary/aromatic N) is 4. The zero-order chi connectivity index (χ0) is 26.2. The number of carbonyl (C=O) groups is 1. The summed E-state index contributed by atoms with van der Waals surface area (Å²) in [6.07, 6.45) is -2.19. The highest BCUT2D eigenvalue weighted by atomic mass is 35.5. The molecule has 2 aromatic carbocycles. The molecule has 0 bridgehead atoms. The highest BCUT2D eigenvalue weighted by Gasteiger charge is 2.34. The van der Waals surface area contributed by atoms with Gasteiger partial charge in [0, 0.05) is 27.9 Å². The SMILES string of the molecule is COc1ccccc1-c1cnc(C(F)(F)F)cc1C(=O)Nc1nc2ncc(-c3ccc(Cl)cc3)nc2s1. The van der Waals surface area contributed by atoms with Crippen LogP contribution >= 0.6 is 22.9 Å². The van der Waals surface area contributed by atoms with E-state index in [1.54, 1.807) is 48.5 Å². The zero-order valence-corrected chi connectivity index (χ0v) is 20.4. The monoisotopic (exact) mass is 541 g/mol. The largest absolute Gasteiger partial charge is 0.496 e. The van der Waals surface area contributed by atoms with Crippen LogP contribution in [-0.2, 0) is 6.18 Å². The molecule has 3 heterocycles. The Morgan fingerprint density at radius 2 is 1.76 bits per heavy atom. The number of hydrogen-bond donors (Lipinski definition) is 1. The number of fused-ring (bicyclic) bond motifs is 1. The predicted molar refractivity (Wildman–Crippen MR) is 135 cm³/mol. The van der Waals surface area contributed by atoms with Crippen molar-refractivity contribution in [2.75, 3.05) is 12.4 Å². The number of para-hydroxylation sites is 1. The number of methoxy groups -OCH3 is 1. The molecule has 5 aromatic rings. The molecular formula is C25H15ClF3N5O2S. The number of alkyl halides is 3. The number of ether oxygens (including phenoxy) is 1. The molecule has 3 aromatic heterocycles. The molecule has 1 amide bonds. The maximum absolute atomic E-state index is 13.4. The van der Waals surface area contributed by atoms with Crippen LogP contribution in [0.3, 0.4) is 0 Å². The molecule has 0 spiro atoms. The van der Waals surface area contributed by atoms with E-state index in [9.17, 15) is 18.0 Å². The Kier molecular flexibility index (Phi) is 6.48. The number of rotatable bonds is 5. The van der Waals surface area contributed by atoms with E-state index in [0.29, 0.717) is 32.9 Å². The van der Waals surface area contributed by atoms with E-state index >= 15 is 0 Å². The van der Waals surface area contributed by atoms with Crippen molar-refractivity contribution in [2.24, 2.45) is 0 Å². The van der Waals surface area contributed by atoms with Gasteiger partial charge in [0.25, 0.3) is 5.91 Å². The molecular weight excluding hydrogens is 527 g/mol. The van der Waals surface area contributed by atoms with Gasteiger partial charge in [0.15, 0.2) is 15.6 Å². The number of halogens is 4. The third kappa shape index (κ3) is 5.09. The molecule has 0 atom stereocenters. The number of pyridine rings is 1. The van der Waals surface area contributed by atoms with Gasteiger partial charge in [0.05, 0.1) is 24.6 Å². The first-order valence-electron chi connectivity index (χ1n) is 10.6. The van der Waals surface area contributed by atoms with Crippen LogP contribution in [0.1, 0.15) is 16.1 Å². The summed E-state index contributed by atoms with van der Waals surface area (Å²) in [5, 5.41) is 3.29. The highest BCUT2D eigenvalue weighted by molar-refractivity contribution is 7.21. The maximum atomic E-state index is 13.4. The van der Waals surface area contributed by atoms with Crippen molar-refractivity contribution in [3.05, 3.63) is 83.3 Å². The Morgan fingerprint density at radius 3 is 2.49 bits per heavy atom. The van der Waals surface area contributed by atoms with Crippen molar-refractivity contribution in [1.82, 2.24) is 19.9 Å². The van der Waals surface area contributed by atoms with Crippen molar-refractivity contribution in [1.29, 1.82) is 0 Å². The summed E-state index contributed by atoms with van der Waals surface area (Å²) in [6, 6.07) is 14.4. The van der Waals surface area contributed by atoms with Gasteiger partial charge >= 0.3 is 6.18 Å². The van der Waals surface area contributed by atoms with E-state index < -0.39 is 17.8 Å². The predicted octanol–water partition coefficient (Wildman–Crippen LogP) is 6.75. The average molecular weight is 542 g/mol. The van der Waals surface area contributed by atoms with E-state index in [2.05, 4.69) is 25.3 Å². The fraction of sp³-hybridized carbons (Fsp3) is 0.0800. The third-order valence-electron chi connectivity index (χ3n) is 5.32. The van der Waals surface area contributed by atoms with Crippen LogP contribution in [0.15, 0.2) is 67.0 Å². The summed E-state index contributed by atoms with van der Waals surface area (Å²) < 4.78 is 45.6. The molecule has 0 saturated carbocycles. The van der Waals surface area contributed by atoms with Gasteiger partial charge in [-0.3, -0.25) is 15.1 Å².